The molecule has 6 heteroatoms. The highest BCUT2D eigenvalue weighted by molar-refractivity contribution is 6.32. The normalized spacial score (nSPS) is 11.9. The van der Waals surface area contributed by atoms with Gasteiger partial charge in [-0.2, -0.15) is 0 Å². The molecule has 0 saturated carbocycles. The van der Waals surface area contributed by atoms with Crippen LogP contribution in [-0.2, 0) is 4.79 Å². The van der Waals surface area contributed by atoms with Gasteiger partial charge < -0.3 is 5.32 Å². The number of nitro benzene ring substituents is 1. The smallest absolute Gasteiger partial charge is 0.292 e. The maximum atomic E-state index is 11.2. The van der Waals surface area contributed by atoms with Crippen molar-refractivity contribution in [2.45, 2.75) is 12.3 Å². The molecule has 0 saturated heterocycles. The Kier molecular flexibility index (Phi) is 3.62. The second-order valence-corrected chi connectivity index (χ2v) is 3.53. The summed E-state index contributed by atoms with van der Waals surface area (Å²) in [5, 5.41) is 12.2. The van der Waals surface area contributed by atoms with Gasteiger partial charge in [0.2, 0.25) is 5.91 Å². The third kappa shape index (κ3) is 2.92. The zero-order valence-electron chi connectivity index (χ0n) is 7.94. The Morgan fingerprint density at radius 2 is 2.13 bits per heavy atom. The molecule has 80 valence electrons. The third-order valence-electron chi connectivity index (χ3n) is 1.72. The molecule has 0 aliphatic rings. The van der Waals surface area contributed by atoms with Gasteiger partial charge in [-0.25, -0.2) is 0 Å². The summed E-state index contributed by atoms with van der Waals surface area (Å²) in [5.41, 5.74) is 0.00293. The van der Waals surface area contributed by atoms with Crippen molar-refractivity contribution >= 4 is 28.9 Å². The van der Waals surface area contributed by atoms with Crippen molar-refractivity contribution in [3.8, 4) is 0 Å². The maximum absolute atomic E-state index is 11.2. The van der Waals surface area contributed by atoms with Crippen molar-refractivity contribution in [3.63, 3.8) is 0 Å². The van der Waals surface area contributed by atoms with Gasteiger partial charge in [-0.1, -0.05) is 12.1 Å². The fourth-order valence-electron chi connectivity index (χ4n) is 0.971. The number of hydrogen-bond donors (Lipinski definition) is 1. The standard InChI is InChI=1S/C9H9ClN2O3/c1-6(10)9(13)11-7-4-2-3-5-8(7)12(14)15/h2-6H,1H3,(H,11,13). The van der Waals surface area contributed by atoms with Gasteiger partial charge in [0.25, 0.3) is 5.69 Å². The van der Waals surface area contributed by atoms with Crippen LogP contribution in [0.4, 0.5) is 11.4 Å². The van der Waals surface area contributed by atoms with E-state index >= 15 is 0 Å². The second-order valence-electron chi connectivity index (χ2n) is 2.88. The minimum absolute atomic E-state index is 0.150. The Morgan fingerprint density at radius 3 is 2.67 bits per heavy atom. The predicted molar refractivity (Wildman–Crippen MR) is 57.0 cm³/mol. The summed E-state index contributed by atoms with van der Waals surface area (Å²) in [6.07, 6.45) is 0. The van der Waals surface area contributed by atoms with Crippen molar-refractivity contribution < 1.29 is 9.72 Å². The summed E-state index contributed by atoms with van der Waals surface area (Å²) >= 11 is 5.53. The van der Waals surface area contributed by atoms with E-state index in [0.29, 0.717) is 0 Å². The van der Waals surface area contributed by atoms with Crippen LogP contribution in [0.1, 0.15) is 6.92 Å². The van der Waals surface area contributed by atoms with Crippen molar-refractivity contribution in [1.82, 2.24) is 0 Å². The number of benzene rings is 1. The molecule has 1 unspecified atom stereocenters. The van der Waals surface area contributed by atoms with Crippen LogP contribution in [-0.4, -0.2) is 16.2 Å². The van der Waals surface area contributed by atoms with Gasteiger partial charge in [0.15, 0.2) is 0 Å². The number of nitro groups is 1. The van der Waals surface area contributed by atoms with Crippen LogP contribution in [0.5, 0.6) is 0 Å². The van der Waals surface area contributed by atoms with E-state index in [2.05, 4.69) is 5.32 Å². The second kappa shape index (κ2) is 4.75. The molecule has 0 heterocycles. The van der Waals surface area contributed by atoms with Gasteiger partial charge in [-0.05, 0) is 13.0 Å². The number of carbonyl (C=O) groups is 1. The Balaban J connectivity index is 2.94. The molecule has 1 aromatic carbocycles. The first kappa shape index (κ1) is 11.5. The molecule has 1 atom stereocenters. The van der Waals surface area contributed by atoms with Crippen LogP contribution in [0, 0.1) is 10.1 Å². The van der Waals surface area contributed by atoms with Crippen molar-refractivity contribution in [2.24, 2.45) is 0 Å². The van der Waals surface area contributed by atoms with E-state index in [1.54, 1.807) is 6.07 Å². The monoisotopic (exact) mass is 228 g/mol. The van der Waals surface area contributed by atoms with Crippen molar-refractivity contribution in [3.05, 3.63) is 34.4 Å². The lowest BCUT2D eigenvalue weighted by atomic mass is 10.2. The lowest BCUT2D eigenvalue weighted by Gasteiger charge is -2.06. The number of anilines is 1. The highest BCUT2D eigenvalue weighted by Crippen LogP contribution is 2.23. The number of amides is 1. The molecular formula is C9H9ClN2O3. The van der Waals surface area contributed by atoms with Gasteiger partial charge in [-0.15, -0.1) is 11.6 Å². The van der Waals surface area contributed by atoms with E-state index in [1.807, 2.05) is 0 Å². The lowest BCUT2D eigenvalue weighted by Crippen LogP contribution is -2.20. The summed E-state index contributed by atoms with van der Waals surface area (Å²) < 4.78 is 0. The Labute approximate surface area is 91.2 Å². The third-order valence-corrected chi connectivity index (χ3v) is 1.92. The van der Waals surface area contributed by atoms with Gasteiger partial charge in [0.05, 0.1) is 4.92 Å². The van der Waals surface area contributed by atoms with Crippen LogP contribution in [0.15, 0.2) is 24.3 Å². The minimum atomic E-state index is -0.732. The highest BCUT2D eigenvalue weighted by atomic mass is 35.5. The first-order valence-corrected chi connectivity index (χ1v) is 4.64. The number of halogens is 1. The molecule has 15 heavy (non-hydrogen) atoms. The first-order valence-electron chi connectivity index (χ1n) is 4.20. The summed E-state index contributed by atoms with van der Waals surface area (Å²) in [6, 6.07) is 5.89. The molecule has 0 bridgehead atoms. The van der Waals surface area contributed by atoms with Gasteiger partial charge in [0, 0.05) is 6.07 Å². The fourth-order valence-corrected chi connectivity index (χ4v) is 1.03. The predicted octanol–water partition coefficient (Wildman–Crippen LogP) is 2.16. The van der Waals surface area contributed by atoms with Gasteiger partial charge >= 0.3 is 0 Å². The number of rotatable bonds is 3. The summed E-state index contributed by atoms with van der Waals surface area (Å²) in [7, 11) is 0. The molecule has 0 spiro atoms. The Bertz CT molecular complexity index is 393. The number of para-hydroxylation sites is 2. The van der Waals surface area contributed by atoms with E-state index in [-0.39, 0.29) is 11.4 Å². The molecule has 1 amide bonds. The Morgan fingerprint density at radius 1 is 1.53 bits per heavy atom. The van der Waals surface area contributed by atoms with E-state index in [1.165, 1.54) is 25.1 Å². The summed E-state index contributed by atoms with van der Waals surface area (Å²) in [4.78, 5) is 21.3. The maximum Gasteiger partial charge on any atom is 0.292 e. The van der Waals surface area contributed by atoms with Crippen LogP contribution >= 0.6 is 11.6 Å². The topological polar surface area (TPSA) is 72.2 Å². The zero-order valence-corrected chi connectivity index (χ0v) is 8.69. The molecule has 0 aliphatic heterocycles. The summed E-state index contributed by atoms with van der Waals surface area (Å²) in [6.45, 7) is 1.49. The molecule has 0 radical (unpaired) electrons. The van der Waals surface area contributed by atoms with E-state index in [4.69, 9.17) is 11.6 Å². The fraction of sp³-hybridized carbons (Fsp3) is 0.222. The van der Waals surface area contributed by atoms with Crippen LogP contribution in [0.2, 0.25) is 0 Å². The van der Waals surface area contributed by atoms with Crippen molar-refractivity contribution in [2.75, 3.05) is 5.32 Å². The van der Waals surface area contributed by atoms with Crippen molar-refractivity contribution in [1.29, 1.82) is 0 Å². The average molecular weight is 229 g/mol. The minimum Gasteiger partial charge on any atom is -0.319 e. The van der Waals surface area contributed by atoms with E-state index < -0.39 is 16.2 Å². The molecule has 1 rings (SSSR count). The average Bonchev–Trinajstić information content (AvgIpc) is 2.18. The summed E-state index contributed by atoms with van der Waals surface area (Å²) in [5.74, 6) is -0.467. The number of nitrogens with one attached hydrogen (secondary N) is 1. The molecule has 0 fully saturated rings. The molecule has 1 aromatic rings. The van der Waals surface area contributed by atoms with Crippen LogP contribution in [0.25, 0.3) is 0 Å². The molecular weight excluding hydrogens is 220 g/mol. The number of hydrogen-bond acceptors (Lipinski definition) is 3. The number of nitrogens with zero attached hydrogens (tertiary/aromatic N) is 1. The largest absolute Gasteiger partial charge is 0.319 e. The quantitative estimate of drug-likeness (QED) is 0.490. The molecule has 1 N–H and O–H groups in total. The van der Waals surface area contributed by atoms with Gasteiger partial charge in [-0.3, -0.25) is 14.9 Å². The Hall–Kier alpha value is -1.62. The number of carbonyl (C=O) groups excluding carboxylic acids is 1. The zero-order chi connectivity index (χ0) is 11.4. The van der Waals surface area contributed by atoms with Crippen LogP contribution in [0.3, 0.4) is 0 Å². The molecule has 0 aliphatic carbocycles. The van der Waals surface area contributed by atoms with E-state index in [9.17, 15) is 14.9 Å². The number of alkyl halides is 1. The van der Waals surface area contributed by atoms with Crippen LogP contribution < -0.4 is 5.32 Å². The van der Waals surface area contributed by atoms with E-state index in [0.717, 1.165) is 0 Å². The van der Waals surface area contributed by atoms with Gasteiger partial charge in [0.1, 0.15) is 11.1 Å². The SMILES string of the molecule is CC(Cl)C(=O)Nc1ccccc1[N+](=O)[O-]. The highest BCUT2D eigenvalue weighted by Gasteiger charge is 2.16. The lowest BCUT2D eigenvalue weighted by molar-refractivity contribution is -0.383. The molecule has 0 aromatic heterocycles. The molecule has 5 nitrogen and oxygen atoms in total. The first-order chi connectivity index (χ1) is 7.02.